The molecule has 0 aliphatic rings. The fourth-order valence-corrected chi connectivity index (χ4v) is 2.30. The van der Waals surface area contributed by atoms with Crippen molar-refractivity contribution in [1.29, 1.82) is 0 Å². The smallest absolute Gasteiger partial charge is 0.309 e. The van der Waals surface area contributed by atoms with Gasteiger partial charge < -0.3 is 15.2 Å². The molecule has 1 aromatic rings. The van der Waals surface area contributed by atoms with Gasteiger partial charge in [-0.2, -0.15) is 0 Å². The number of ether oxygens (including phenoxy) is 2. The van der Waals surface area contributed by atoms with Crippen molar-refractivity contribution in [3.8, 4) is 5.75 Å². The molecule has 0 heterocycles. The van der Waals surface area contributed by atoms with E-state index in [2.05, 4.69) is 4.74 Å². The summed E-state index contributed by atoms with van der Waals surface area (Å²) in [5.74, 6) is 1.03. The van der Waals surface area contributed by atoms with Crippen molar-refractivity contribution >= 4 is 23.4 Å². The quantitative estimate of drug-likeness (QED) is 0.496. The molecule has 0 spiro atoms. The van der Waals surface area contributed by atoms with E-state index in [-0.39, 0.29) is 11.9 Å². The number of thioether (sulfide) groups is 1. The first-order chi connectivity index (χ1) is 8.08. The Kier molecular flexibility index (Phi) is 5.15. The average molecular weight is 255 g/mol. The molecule has 17 heavy (non-hydrogen) atoms. The van der Waals surface area contributed by atoms with Gasteiger partial charge in [-0.15, -0.1) is 11.8 Å². The summed E-state index contributed by atoms with van der Waals surface area (Å²) < 4.78 is 9.90. The molecule has 94 valence electrons. The average Bonchev–Trinajstić information content (AvgIpc) is 2.35. The van der Waals surface area contributed by atoms with Crippen LogP contribution in [0.3, 0.4) is 0 Å². The SMILES string of the molecule is COC(=O)C(C)CSc1ccc(N)cc1OC. The molecule has 1 rings (SSSR count). The molecular formula is C12H17NO3S. The van der Waals surface area contributed by atoms with Crippen LogP contribution in [0, 0.1) is 5.92 Å². The van der Waals surface area contributed by atoms with Gasteiger partial charge in [0.05, 0.1) is 20.1 Å². The predicted molar refractivity (Wildman–Crippen MR) is 69.3 cm³/mol. The lowest BCUT2D eigenvalue weighted by Crippen LogP contribution is -2.14. The lowest BCUT2D eigenvalue weighted by Gasteiger charge is -2.11. The summed E-state index contributed by atoms with van der Waals surface area (Å²) >= 11 is 1.55. The lowest BCUT2D eigenvalue weighted by molar-refractivity contribution is -0.143. The Hall–Kier alpha value is -1.36. The Morgan fingerprint density at radius 2 is 2.18 bits per heavy atom. The van der Waals surface area contributed by atoms with Crippen LogP contribution in [0.15, 0.2) is 23.1 Å². The number of carbonyl (C=O) groups is 1. The first kappa shape index (κ1) is 13.7. The second-order valence-electron chi connectivity index (χ2n) is 3.65. The number of hydrogen-bond donors (Lipinski definition) is 1. The molecule has 0 aliphatic heterocycles. The Bertz CT molecular complexity index is 395. The fraction of sp³-hybridized carbons (Fsp3) is 0.417. The highest BCUT2D eigenvalue weighted by Gasteiger charge is 2.14. The van der Waals surface area contributed by atoms with Crippen molar-refractivity contribution in [2.75, 3.05) is 25.7 Å². The zero-order valence-corrected chi connectivity index (χ0v) is 11.0. The van der Waals surface area contributed by atoms with Crippen molar-refractivity contribution in [3.05, 3.63) is 18.2 Å². The molecule has 0 bridgehead atoms. The third-order valence-electron chi connectivity index (χ3n) is 2.28. The Morgan fingerprint density at radius 1 is 1.47 bits per heavy atom. The molecule has 1 atom stereocenters. The maximum atomic E-state index is 11.3. The largest absolute Gasteiger partial charge is 0.496 e. The monoisotopic (exact) mass is 255 g/mol. The first-order valence-electron chi connectivity index (χ1n) is 5.22. The Balaban J connectivity index is 2.66. The van der Waals surface area contributed by atoms with Crippen molar-refractivity contribution in [2.24, 2.45) is 5.92 Å². The van der Waals surface area contributed by atoms with Crippen molar-refractivity contribution in [1.82, 2.24) is 0 Å². The Labute approximate surface area is 105 Å². The summed E-state index contributed by atoms with van der Waals surface area (Å²) in [5.41, 5.74) is 6.32. The number of nitrogen functional groups attached to an aromatic ring is 1. The van der Waals surface area contributed by atoms with E-state index in [4.69, 9.17) is 10.5 Å². The molecule has 5 heteroatoms. The van der Waals surface area contributed by atoms with Gasteiger partial charge in [0.25, 0.3) is 0 Å². The summed E-state index contributed by atoms with van der Waals surface area (Å²) in [6, 6.07) is 5.47. The highest BCUT2D eigenvalue weighted by molar-refractivity contribution is 7.99. The van der Waals surface area contributed by atoms with Gasteiger partial charge in [-0.25, -0.2) is 0 Å². The summed E-state index contributed by atoms with van der Waals surface area (Å²) in [5, 5.41) is 0. The van der Waals surface area contributed by atoms with Gasteiger partial charge in [0.1, 0.15) is 5.75 Å². The normalized spacial score (nSPS) is 11.9. The van der Waals surface area contributed by atoms with Crippen molar-refractivity contribution < 1.29 is 14.3 Å². The minimum absolute atomic E-state index is 0.146. The molecule has 0 aromatic heterocycles. The van der Waals surface area contributed by atoms with E-state index in [0.717, 1.165) is 10.6 Å². The fourth-order valence-electron chi connectivity index (χ4n) is 1.29. The van der Waals surface area contributed by atoms with Gasteiger partial charge in [0, 0.05) is 22.4 Å². The first-order valence-corrected chi connectivity index (χ1v) is 6.21. The van der Waals surface area contributed by atoms with E-state index in [0.29, 0.717) is 11.4 Å². The van der Waals surface area contributed by atoms with Crippen LogP contribution >= 0.6 is 11.8 Å². The van der Waals surface area contributed by atoms with Gasteiger partial charge in [-0.05, 0) is 12.1 Å². The maximum Gasteiger partial charge on any atom is 0.309 e. The van der Waals surface area contributed by atoms with Crippen LogP contribution in [0.5, 0.6) is 5.75 Å². The van der Waals surface area contributed by atoms with Gasteiger partial charge in [-0.3, -0.25) is 4.79 Å². The van der Waals surface area contributed by atoms with Crippen LogP contribution < -0.4 is 10.5 Å². The minimum atomic E-state index is -0.202. The van der Waals surface area contributed by atoms with E-state index < -0.39 is 0 Å². The topological polar surface area (TPSA) is 61.5 Å². The third-order valence-corrected chi connectivity index (χ3v) is 3.60. The summed E-state index contributed by atoms with van der Waals surface area (Å²) in [6.45, 7) is 1.84. The molecule has 0 saturated carbocycles. The number of nitrogens with two attached hydrogens (primary N) is 1. The molecule has 4 nitrogen and oxygen atoms in total. The molecule has 0 radical (unpaired) electrons. The number of carbonyl (C=O) groups excluding carboxylic acids is 1. The highest BCUT2D eigenvalue weighted by atomic mass is 32.2. The predicted octanol–water partition coefficient (Wildman–Crippen LogP) is 2.18. The Morgan fingerprint density at radius 3 is 2.76 bits per heavy atom. The number of esters is 1. The number of anilines is 1. The summed E-state index contributed by atoms with van der Waals surface area (Å²) in [6.07, 6.45) is 0. The van der Waals surface area contributed by atoms with E-state index >= 15 is 0 Å². The van der Waals surface area contributed by atoms with Crippen LogP contribution in [0.1, 0.15) is 6.92 Å². The number of rotatable bonds is 5. The van der Waals surface area contributed by atoms with E-state index in [9.17, 15) is 4.79 Å². The molecule has 1 aromatic carbocycles. The van der Waals surface area contributed by atoms with E-state index in [1.54, 1.807) is 24.9 Å². The van der Waals surface area contributed by atoms with Crippen molar-refractivity contribution in [2.45, 2.75) is 11.8 Å². The highest BCUT2D eigenvalue weighted by Crippen LogP contribution is 2.32. The van der Waals surface area contributed by atoms with Crippen LogP contribution in [0.4, 0.5) is 5.69 Å². The second-order valence-corrected chi connectivity index (χ2v) is 4.71. The standard InChI is InChI=1S/C12H17NO3S/c1-8(12(14)16-3)7-17-11-5-4-9(13)6-10(11)15-2/h4-6,8H,7,13H2,1-3H3. The van der Waals surface area contributed by atoms with Crippen LogP contribution in [-0.4, -0.2) is 25.9 Å². The zero-order valence-electron chi connectivity index (χ0n) is 10.2. The molecule has 0 amide bonds. The molecule has 0 aliphatic carbocycles. The molecule has 0 saturated heterocycles. The van der Waals surface area contributed by atoms with Crippen LogP contribution in [0.2, 0.25) is 0 Å². The van der Waals surface area contributed by atoms with Gasteiger partial charge >= 0.3 is 5.97 Å². The zero-order chi connectivity index (χ0) is 12.8. The second kappa shape index (κ2) is 6.39. The lowest BCUT2D eigenvalue weighted by atomic mass is 10.2. The number of hydrogen-bond acceptors (Lipinski definition) is 5. The number of benzene rings is 1. The maximum absolute atomic E-state index is 11.3. The number of methoxy groups -OCH3 is 2. The van der Waals surface area contributed by atoms with Gasteiger partial charge in [0.15, 0.2) is 0 Å². The summed E-state index contributed by atoms with van der Waals surface area (Å²) in [4.78, 5) is 12.2. The molecular weight excluding hydrogens is 238 g/mol. The van der Waals surface area contributed by atoms with Gasteiger partial charge in [-0.1, -0.05) is 6.92 Å². The minimum Gasteiger partial charge on any atom is -0.496 e. The summed E-state index contributed by atoms with van der Waals surface area (Å²) in [7, 11) is 3.00. The molecule has 1 unspecified atom stereocenters. The third kappa shape index (κ3) is 3.85. The van der Waals surface area contributed by atoms with Gasteiger partial charge in [0.2, 0.25) is 0 Å². The molecule has 2 N–H and O–H groups in total. The molecule has 0 fully saturated rings. The van der Waals surface area contributed by atoms with E-state index in [1.165, 1.54) is 7.11 Å². The van der Waals surface area contributed by atoms with Crippen molar-refractivity contribution in [3.63, 3.8) is 0 Å². The van der Waals surface area contributed by atoms with Crippen LogP contribution in [0.25, 0.3) is 0 Å². The van der Waals surface area contributed by atoms with Crippen LogP contribution in [-0.2, 0) is 9.53 Å². The van der Waals surface area contributed by atoms with E-state index in [1.807, 2.05) is 19.1 Å².